The highest BCUT2D eigenvalue weighted by atomic mass is 16.7. The monoisotopic (exact) mass is 570 g/mol. The second-order valence-corrected chi connectivity index (χ2v) is 9.46. The number of hydrogen-bond donors (Lipinski definition) is 6. The van der Waals surface area contributed by atoms with Crippen LogP contribution >= 0.6 is 0 Å². The van der Waals surface area contributed by atoms with Gasteiger partial charge >= 0.3 is 18.2 Å². The van der Waals surface area contributed by atoms with Gasteiger partial charge in [0, 0.05) is 13.1 Å². The van der Waals surface area contributed by atoms with Crippen molar-refractivity contribution in [2.75, 3.05) is 13.1 Å². The van der Waals surface area contributed by atoms with Crippen LogP contribution in [0.2, 0.25) is 0 Å². The summed E-state index contributed by atoms with van der Waals surface area (Å²) in [7, 11) is 0. The molecule has 6 N–H and O–H groups in total. The molecule has 0 heterocycles. The van der Waals surface area contributed by atoms with Crippen LogP contribution in [0.15, 0.2) is 54.6 Å². The molecule has 2 aromatic carbocycles. The quantitative estimate of drug-likeness (QED) is 0.124. The van der Waals surface area contributed by atoms with Crippen LogP contribution < -0.4 is 21.4 Å². The van der Waals surface area contributed by atoms with Crippen LogP contribution in [0.4, 0.5) is 9.59 Å². The zero-order valence-corrected chi connectivity index (χ0v) is 22.9. The summed E-state index contributed by atoms with van der Waals surface area (Å²) in [5.74, 6) is -1.90. The van der Waals surface area contributed by atoms with Gasteiger partial charge in [-0.15, -0.1) is 0 Å². The largest absolute Gasteiger partial charge is 0.465 e. The smallest absolute Gasteiger partial charge is 0.405 e. The number of carbonyl (C=O) groups is 5. The first-order valence-electron chi connectivity index (χ1n) is 13.6. The summed E-state index contributed by atoms with van der Waals surface area (Å²) in [6, 6.07) is 17.0. The van der Waals surface area contributed by atoms with E-state index < -0.39 is 36.0 Å². The summed E-state index contributed by atoms with van der Waals surface area (Å²) in [6.45, 7) is 0.0495. The summed E-state index contributed by atoms with van der Waals surface area (Å²) < 4.78 is 0. The molecule has 2 aromatic rings. The van der Waals surface area contributed by atoms with Crippen LogP contribution in [0.5, 0.6) is 0 Å². The molecule has 12 heteroatoms. The molecule has 1 unspecified atom stereocenters. The van der Waals surface area contributed by atoms with E-state index in [2.05, 4.69) is 33.6 Å². The molecule has 0 radical (unpaired) electrons. The van der Waals surface area contributed by atoms with Crippen molar-refractivity contribution >= 4 is 30.0 Å². The highest BCUT2D eigenvalue weighted by Crippen LogP contribution is 2.11. The lowest BCUT2D eigenvalue weighted by Crippen LogP contribution is -2.46. The van der Waals surface area contributed by atoms with E-state index in [-0.39, 0.29) is 32.4 Å². The topological polar surface area (TPSA) is 183 Å². The van der Waals surface area contributed by atoms with Crippen LogP contribution in [-0.2, 0) is 38.5 Å². The molecule has 0 aliphatic carbocycles. The molecule has 2 rings (SSSR count). The van der Waals surface area contributed by atoms with Crippen molar-refractivity contribution in [3.63, 3.8) is 0 Å². The maximum absolute atomic E-state index is 12.3. The van der Waals surface area contributed by atoms with Gasteiger partial charge in [0.25, 0.3) is 5.91 Å². The number of unbranched alkanes of at least 4 members (excludes halogenated alkanes) is 2. The van der Waals surface area contributed by atoms with E-state index >= 15 is 0 Å². The first kappa shape index (κ1) is 32.6. The summed E-state index contributed by atoms with van der Waals surface area (Å²) in [6.07, 6.45) is 2.35. The van der Waals surface area contributed by atoms with E-state index in [1.165, 1.54) is 11.1 Å². The Morgan fingerprint density at radius 3 is 1.98 bits per heavy atom. The van der Waals surface area contributed by atoms with Crippen molar-refractivity contribution < 1.29 is 39.0 Å². The number of carboxylic acid groups (broad SMARTS) is 2. The average Bonchev–Trinajstić information content (AvgIpc) is 2.94. The molecule has 0 spiro atoms. The first-order valence-corrected chi connectivity index (χ1v) is 13.6. The van der Waals surface area contributed by atoms with E-state index in [1.54, 1.807) is 0 Å². The third-order valence-corrected chi connectivity index (χ3v) is 6.13. The summed E-state index contributed by atoms with van der Waals surface area (Å²) in [4.78, 5) is 62.6. The van der Waals surface area contributed by atoms with Crippen LogP contribution in [0.1, 0.15) is 55.2 Å². The molecule has 0 saturated carbocycles. The van der Waals surface area contributed by atoms with Gasteiger partial charge < -0.3 is 31.0 Å². The number of aryl methyl sites for hydroxylation is 2. The third kappa shape index (κ3) is 14.9. The number of carbonyl (C=O) groups excluding carboxylic acids is 3. The molecule has 12 nitrogen and oxygen atoms in total. The predicted octanol–water partition coefficient (Wildman–Crippen LogP) is 2.95. The zero-order valence-electron chi connectivity index (χ0n) is 22.9. The predicted molar refractivity (Wildman–Crippen MR) is 150 cm³/mol. The molecule has 0 saturated heterocycles. The summed E-state index contributed by atoms with van der Waals surface area (Å²) >= 11 is 0. The molecule has 41 heavy (non-hydrogen) atoms. The number of nitrogens with one attached hydrogen (secondary N) is 4. The van der Waals surface area contributed by atoms with Crippen molar-refractivity contribution in [1.29, 1.82) is 0 Å². The van der Waals surface area contributed by atoms with Crippen molar-refractivity contribution in [3.05, 3.63) is 71.3 Å². The summed E-state index contributed by atoms with van der Waals surface area (Å²) in [5.41, 5.74) is 5.39. The van der Waals surface area contributed by atoms with Gasteiger partial charge in [-0.05, 0) is 61.6 Å². The lowest BCUT2D eigenvalue weighted by Gasteiger charge is -2.16. The zero-order chi connectivity index (χ0) is 29.9. The molecular formula is C29H38N4O8. The van der Waals surface area contributed by atoms with E-state index in [9.17, 15) is 24.0 Å². The second-order valence-electron chi connectivity index (χ2n) is 9.46. The highest BCUT2D eigenvalue weighted by Gasteiger charge is 2.20. The first-order chi connectivity index (χ1) is 19.7. The maximum Gasteiger partial charge on any atom is 0.405 e. The molecule has 0 aliphatic rings. The minimum absolute atomic E-state index is 0.0306. The number of benzene rings is 2. The average molecular weight is 571 g/mol. The van der Waals surface area contributed by atoms with Crippen molar-refractivity contribution in [2.45, 2.75) is 63.8 Å². The number of hydrogen-bond acceptors (Lipinski definition) is 6. The fourth-order valence-corrected chi connectivity index (χ4v) is 4.01. The fraction of sp³-hybridized carbons (Fsp3) is 0.414. The lowest BCUT2D eigenvalue weighted by atomic mass is 10.0. The van der Waals surface area contributed by atoms with E-state index in [0.29, 0.717) is 12.8 Å². The Morgan fingerprint density at radius 1 is 0.707 bits per heavy atom. The van der Waals surface area contributed by atoms with E-state index in [4.69, 9.17) is 15.1 Å². The van der Waals surface area contributed by atoms with Gasteiger partial charge in [-0.1, -0.05) is 54.6 Å². The van der Waals surface area contributed by atoms with Gasteiger partial charge in [0.05, 0.1) is 12.8 Å². The molecule has 0 aromatic heterocycles. The molecular weight excluding hydrogens is 532 g/mol. The molecule has 222 valence electrons. The molecule has 4 amide bonds. The Labute approximate surface area is 238 Å². The van der Waals surface area contributed by atoms with Crippen LogP contribution in [0, 0.1) is 0 Å². The fourth-order valence-electron chi connectivity index (χ4n) is 4.01. The molecule has 0 fully saturated rings. The Kier molecular flexibility index (Phi) is 14.8. The van der Waals surface area contributed by atoms with E-state index in [0.717, 1.165) is 31.2 Å². The van der Waals surface area contributed by atoms with Crippen LogP contribution in [0.25, 0.3) is 0 Å². The lowest BCUT2D eigenvalue weighted by molar-refractivity contribution is -0.158. The SMILES string of the molecule is O=C(O)NCCCCC(NC(=O)O)C(=O)NCCC(=O)ONC(=O)Cc1ccc(CCCCc2ccccc2)cc1. The Balaban J connectivity index is 1.61. The standard InChI is InChI=1S/C29H38N4O8/c34-25(20-23-15-13-22(14-16-23)11-5-4-10-21-8-2-1-3-9-21)33-41-26(35)17-19-30-27(36)24(32-29(39)40)12-6-7-18-31-28(37)38/h1-3,8-9,13-16,24,31-32H,4-7,10-12,17-20H2,(H,30,36)(H,33,34)(H,37,38)(H,39,40). The molecule has 0 bridgehead atoms. The van der Waals surface area contributed by atoms with E-state index in [1.807, 2.05) is 42.5 Å². The molecule has 1 atom stereocenters. The normalized spacial score (nSPS) is 11.1. The Bertz CT molecular complexity index is 1130. The van der Waals surface area contributed by atoms with Crippen LogP contribution in [-0.4, -0.2) is 59.3 Å². The minimum Gasteiger partial charge on any atom is -0.465 e. The second kappa shape index (κ2) is 18.6. The number of hydroxylamine groups is 1. The van der Waals surface area contributed by atoms with Gasteiger partial charge in [-0.25, -0.2) is 14.4 Å². The Morgan fingerprint density at radius 2 is 1.34 bits per heavy atom. The highest BCUT2D eigenvalue weighted by molar-refractivity contribution is 5.85. The number of rotatable bonds is 17. The Hall–Kier alpha value is -4.61. The van der Waals surface area contributed by atoms with Crippen molar-refractivity contribution in [2.24, 2.45) is 0 Å². The van der Waals surface area contributed by atoms with Gasteiger partial charge in [0.2, 0.25) is 5.91 Å². The minimum atomic E-state index is -1.38. The van der Waals surface area contributed by atoms with Gasteiger partial charge in [-0.3, -0.25) is 9.59 Å². The van der Waals surface area contributed by atoms with Gasteiger partial charge in [-0.2, -0.15) is 5.48 Å². The van der Waals surface area contributed by atoms with Gasteiger partial charge in [0.1, 0.15) is 6.04 Å². The van der Waals surface area contributed by atoms with Crippen molar-refractivity contribution in [3.8, 4) is 0 Å². The van der Waals surface area contributed by atoms with Crippen LogP contribution in [0.3, 0.4) is 0 Å². The summed E-state index contributed by atoms with van der Waals surface area (Å²) in [5, 5.41) is 24.2. The van der Waals surface area contributed by atoms with Gasteiger partial charge in [0.15, 0.2) is 0 Å². The maximum atomic E-state index is 12.3. The third-order valence-electron chi connectivity index (χ3n) is 6.13. The molecule has 0 aliphatic heterocycles. The van der Waals surface area contributed by atoms with Crippen molar-refractivity contribution in [1.82, 2.24) is 21.4 Å². The number of amides is 4.